The molecule has 2 heteroatoms. The number of esters is 1. The first kappa shape index (κ1) is 18.0. The van der Waals surface area contributed by atoms with Gasteiger partial charge in [-0.05, 0) is 61.6 Å². The summed E-state index contributed by atoms with van der Waals surface area (Å²) in [6.07, 6.45) is 8.74. The van der Waals surface area contributed by atoms with E-state index in [1.54, 1.807) is 0 Å². The van der Waals surface area contributed by atoms with Gasteiger partial charge in [-0.1, -0.05) is 52.7 Å². The molecule has 1 aromatic carbocycles. The quantitative estimate of drug-likeness (QED) is 0.607. The molecule has 1 aromatic rings. The highest BCUT2D eigenvalue weighted by atomic mass is 16.6. The second-order valence-corrected chi connectivity index (χ2v) is 7.88. The molecule has 0 atom stereocenters. The first-order valence-corrected chi connectivity index (χ1v) is 9.22. The lowest BCUT2D eigenvalue weighted by molar-refractivity contribution is -0.0397. The van der Waals surface area contributed by atoms with Gasteiger partial charge in [-0.2, -0.15) is 0 Å². The summed E-state index contributed by atoms with van der Waals surface area (Å²) < 4.78 is 5.94. The van der Waals surface area contributed by atoms with Crippen LogP contribution in [0.4, 0.5) is 0 Å². The molecule has 0 heterocycles. The van der Waals surface area contributed by atoms with Crippen LogP contribution in [-0.2, 0) is 11.2 Å². The molecule has 0 amide bonds. The first-order valence-electron chi connectivity index (χ1n) is 9.22. The molecule has 0 bridgehead atoms. The van der Waals surface area contributed by atoms with Crippen LogP contribution in [0.3, 0.4) is 0 Å². The molecule has 0 saturated heterocycles. The van der Waals surface area contributed by atoms with Gasteiger partial charge in [0, 0.05) is 0 Å². The fraction of sp³-hybridized carbons (Fsp3) is 0.667. The van der Waals surface area contributed by atoms with E-state index >= 15 is 0 Å². The molecule has 0 radical (unpaired) electrons. The van der Waals surface area contributed by atoms with Crippen LogP contribution in [0.15, 0.2) is 24.3 Å². The molecule has 1 fully saturated rings. The molecule has 2 nitrogen and oxygen atoms in total. The van der Waals surface area contributed by atoms with Gasteiger partial charge in [-0.15, -0.1) is 0 Å². The minimum absolute atomic E-state index is 0.157. The van der Waals surface area contributed by atoms with Gasteiger partial charge in [0.15, 0.2) is 0 Å². The van der Waals surface area contributed by atoms with Crippen molar-refractivity contribution in [3.63, 3.8) is 0 Å². The zero-order chi connectivity index (χ0) is 16.9. The van der Waals surface area contributed by atoms with Crippen LogP contribution < -0.4 is 0 Å². The lowest BCUT2D eigenvalue weighted by Gasteiger charge is -2.36. The van der Waals surface area contributed by atoms with Gasteiger partial charge in [-0.25, -0.2) is 4.79 Å². The minimum atomic E-state index is -0.224. The lowest BCUT2D eigenvalue weighted by Crippen LogP contribution is -2.36. The Balaban J connectivity index is 2.02. The zero-order valence-electron chi connectivity index (χ0n) is 15.3. The SMILES string of the molecule is CCC(C)(C)Cc1ccc(C(=O)OC2(CC)CCCCC2)cc1. The fourth-order valence-electron chi connectivity index (χ4n) is 3.42. The molecule has 0 aliphatic heterocycles. The van der Waals surface area contributed by atoms with Crippen LogP contribution in [0.25, 0.3) is 0 Å². The Morgan fingerprint density at radius 2 is 1.70 bits per heavy atom. The van der Waals surface area contributed by atoms with Crippen molar-refractivity contribution in [2.45, 2.75) is 84.7 Å². The third-order valence-electron chi connectivity index (χ3n) is 5.55. The van der Waals surface area contributed by atoms with Crippen molar-refractivity contribution < 1.29 is 9.53 Å². The van der Waals surface area contributed by atoms with Crippen molar-refractivity contribution in [3.05, 3.63) is 35.4 Å². The average molecular weight is 316 g/mol. The summed E-state index contributed by atoms with van der Waals surface area (Å²) in [6, 6.07) is 8.01. The highest BCUT2D eigenvalue weighted by Crippen LogP contribution is 2.35. The molecule has 1 aliphatic rings. The zero-order valence-corrected chi connectivity index (χ0v) is 15.3. The van der Waals surface area contributed by atoms with Crippen molar-refractivity contribution in [2.24, 2.45) is 5.41 Å². The highest BCUT2D eigenvalue weighted by Gasteiger charge is 2.34. The number of benzene rings is 1. The number of carbonyl (C=O) groups is 1. The summed E-state index contributed by atoms with van der Waals surface area (Å²) in [7, 11) is 0. The van der Waals surface area contributed by atoms with Crippen molar-refractivity contribution in [3.8, 4) is 0 Å². The van der Waals surface area contributed by atoms with E-state index in [-0.39, 0.29) is 11.6 Å². The number of ether oxygens (including phenoxy) is 1. The molecule has 2 rings (SSSR count). The highest BCUT2D eigenvalue weighted by molar-refractivity contribution is 5.89. The third-order valence-corrected chi connectivity index (χ3v) is 5.55. The van der Waals surface area contributed by atoms with E-state index in [0.717, 1.165) is 32.1 Å². The Morgan fingerprint density at radius 3 is 2.22 bits per heavy atom. The predicted molar refractivity (Wildman–Crippen MR) is 95.7 cm³/mol. The van der Waals surface area contributed by atoms with Crippen molar-refractivity contribution >= 4 is 5.97 Å². The number of hydrogen-bond acceptors (Lipinski definition) is 2. The summed E-state index contributed by atoms with van der Waals surface area (Å²) in [6.45, 7) is 8.92. The summed E-state index contributed by atoms with van der Waals surface area (Å²) in [5.41, 5.74) is 2.05. The summed E-state index contributed by atoms with van der Waals surface area (Å²) in [4.78, 5) is 12.5. The van der Waals surface area contributed by atoms with E-state index in [9.17, 15) is 4.79 Å². The Morgan fingerprint density at radius 1 is 1.09 bits per heavy atom. The van der Waals surface area contributed by atoms with Gasteiger partial charge in [0.2, 0.25) is 0 Å². The number of rotatable bonds is 6. The van der Waals surface area contributed by atoms with Crippen molar-refractivity contribution in [1.82, 2.24) is 0 Å². The topological polar surface area (TPSA) is 26.3 Å². The van der Waals surface area contributed by atoms with Crippen LogP contribution in [0.1, 0.15) is 88.6 Å². The second-order valence-electron chi connectivity index (χ2n) is 7.88. The maximum absolute atomic E-state index is 12.5. The third kappa shape index (κ3) is 4.83. The van der Waals surface area contributed by atoms with Gasteiger partial charge in [0.25, 0.3) is 0 Å². The molecule has 1 saturated carbocycles. The van der Waals surface area contributed by atoms with E-state index in [4.69, 9.17) is 4.74 Å². The van der Waals surface area contributed by atoms with Gasteiger partial charge < -0.3 is 4.74 Å². The van der Waals surface area contributed by atoms with Crippen LogP contribution in [-0.4, -0.2) is 11.6 Å². The molecular weight excluding hydrogens is 284 g/mol. The summed E-state index contributed by atoms with van der Waals surface area (Å²) >= 11 is 0. The van der Waals surface area contributed by atoms with Crippen LogP contribution in [0.2, 0.25) is 0 Å². The lowest BCUT2D eigenvalue weighted by atomic mass is 9.82. The Labute approximate surface area is 141 Å². The smallest absolute Gasteiger partial charge is 0.338 e. The molecular formula is C21H32O2. The molecule has 0 unspecified atom stereocenters. The molecule has 128 valence electrons. The van der Waals surface area contributed by atoms with E-state index in [1.807, 2.05) is 12.1 Å². The van der Waals surface area contributed by atoms with Crippen molar-refractivity contribution in [2.75, 3.05) is 0 Å². The van der Waals surface area contributed by atoms with E-state index in [2.05, 4.69) is 39.8 Å². The van der Waals surface area contributed by atoms with Crippen LogP contribution in [0.5, 0.6) is 0 Å². The number of carbonyl (C=O) groups excluding carboxylic acids is 1. The van der Waals surface area contributed by atoms with Crippen molar-refractivity contribution in [1.29, 1.82) is 0 Å². The normalized spacial score (nSPS) is 17.7. The monoisotopic (exact) mass is 316 g/mol. The average Bonchev–Trinajstić information content (AvgIpc) is 2.56. The van der Waals surface area contributed by atoms with Gasteiger partial charge in [-0.3, -0.25) is 0 Å². The Bertz CT molecular complexity index is 507. The summed E-state index contributed by atoms with van der Waals surface area (Å²) in [5.74, 6) is -0.157. The Kier molecular flexibility index (Phi) is 5.89. The van der Waals surface area contributed by atoms with Crippen LogP contribution in [0, 0.1) is 5.41 Å². The maximum Gasteiger partial charge on any atom is 0.338 e. The van der Waals surface area contributed by atoms with Crippen LogP contribution >= 0.6 is 0 Å². The number of hydrogen-bond donors (Lipinski definition) is 0. The molecule has 23 heavy (non-hydrogen) atoms. The first-order chi connectivity index (χ1) is 10.9. The molecule has 1 aliphatic carbocycles. The van der Waals surface area contributed by atoms with Gasteiger partial charge >= 0.3 is 5.97 Å². The minimum Gasteiger partial charge on any atom is -0.455 e. The largest absolute Gasteiger partial charge is 0.455 e. The Hall–Kier alpha value is -1.31. The van der Waals surface area contributed by atoms with E-state index in [0.29, 0.717) is 11.0 Å². The maximum atomic E-state index is 12.5. The van der Waals surface area contributed by atoms with E-state index in [1.165, 1.54) is 24.8 Å². The van der Waals surface area contributed by atoms with E-state index < -0.39 is 0 Å². The van der Waals surface area contributed by atoms with Gasteiger partial charge in [0.1, 0.15) is 5.60 Å². The molecule has 0 N–H and O–H groups in total. The molecule has 0 spiro atoms. The summed E-state index contributed by atoms with van der Waals surface area (Å²) in [5, 5.41) is 0. The van der Waals surface area contributed by atoms with Gasteiger partial charge in [0.05, 0.1) is 5.56 Å². The second kappa shape index (κ2) is 7.51. The predicted octanol–water partition coefficient (Wildman–Crippen LogP) is 5.94. The molecule has 0 aromatic heterocycles. The fourth-order valence-corrected chi connectivity index (χ4v) is 3.42. The standard InChI is InChI=1S/C21H32O2/c1-5-20(3,4)16-17-10-12-18(13-11-17)19(22)23-21(6-2)14-8-7-9-15-21/h10-13H,5-9,14-16H2,1-4H3.